The predicted octanol–water partition coefficient (Wildman–Crippen LogP) is 4.92. The summed E-state index contributed by atoms with van der Waals surface area (Å²) in [5.74, 6) is -0.868. The number of H-pyrrole nitrogens is 1. The molecular formula is C29H25ClN4O5. The number of nitrogens with zero attached hydrogens (tertiary/aromatic N) is 3. The number of hydrogen-bond donors (Lipinski definition) is 2. The normalized spacial score (nSPS) is 24.2. The molecule has 0 radical (unpaired) electrons. The van der Waals surface area contributed by atoms with Crippen molar-refractivity contribution < 1.29 is 24.1 Å². The van der Waals surface area contributed by atoms with Crippen LogP contribution in [-0.4, -0.2) is 69.3 Å². The van der Waals surface area contributed by atoms with E-state index in [1.807, 2.05) is 54.6 Å². The second-order valence-electron chi connectivity index (χ2n) is 10.0. The van der Waals surface area contributed by atoms with Gasteiger partial charge in [0.15, 0.2) is 11.8 Å². The number of nitrogens with one attached hydrogen (secondary N) is 1. The van der Waals surface area contributed by atoms with Crippen LogP contribution in [0.5, 0.6) is 6.01 Å². The SMILES string of the molecule is O=C(O)C1CCC(c2ccc(-c3ccc(-c4nc5nc(O[C@@H]6CO[C@@H]7CCO[C@@H]76)[nH]c5cc4Cl)cc3)cc2)=N1. The van der Waals surface area contributed by atoms with Gasteiger partial charge in [-0.2, -0.15) is 4.98 Å². The first-order valence-electron chi connectivity index (χ1n) is 13.0. The lowest BCUT2D eigenvalue weighted by Gasteiger charge is -2.15. The molecule has 2 N–H and O–H groups in total. The fourth-order valence-electron chi connectivity index (χ4n) is 5.49. The van der Waals surface area contributed by atoms with Gasteiger partial charge in [0.1, 0.15) is 12.1 Å². The Morgan fingerprint density at radius 3 is 2.41 bits per heavy atom. The Balaban J connectivity index is 1.09. The van der Waals surface area contributed by atoms with E-state index in [4.69, 9.17) is 30.8 Å². The van der Waals surface area contributed by atoms with Crippen molar-refractivity contribution in [1.82, 2.24) is 15.0 Å². The zero-order valence-electron chi connectivity index (χ0n) is 20.8. The molecule has 9 nitrogen and oxygen atoms in total. The first-order valence-corrected chi connectivity index (χ1v) is 13.4. The van der Waals surface area contributed by atoms with E-state index in [0.717, 1.165) is 34.4 Å². The third-order valence-corrected chi connectivity index (χ3v) is 7.84. The number of benzene rings is 2. The third-order valence-electron chi connectivity index (χ3n) is 7.55. The molecule has 3 aliphatic rings. The van der Waals surface area contributed by atoms with Gasteiger partial charge in [-0.3, -0.25) is 4.99 Å². The largest absolute Gasteiger partial charge is 0.480 e. The van der Waals surface area contributed by atoms with Crippen LogP contribution in [0.15, 0.2) is 59.6 Å². The van der Waals surface area contributed by atoms with Gasteiger partial charge in [0.05, 0.1) is 28.9 Å². The maximum atomic E-state index is 11.2. The molecule has 10 heteroatoms. The lowest BCUT2D eigenvalue weighted by atomic mass is 9.99. The number of fused-ring (bicyclic) bond motifs is 2. The second kappa shape index (κ2) is 9.75. The van der Waals surface area contributed by atoms with Crippen molar-refractivity contribution >= 4 is 34.4 Å². The number of aromatic amines is 1. The number of ether oxygens (including phenoxy) is 3. The maximum absolute atomic E-state index is 11.2. The van der Waals surface area contributed by atoms with Crippen molar-refractivity contribution in [3.05, 3.63) is 65.2 Å². The van der Waals surface area contributed by atoms with E-state index in [-0.39, 0.29) is 18.3 Å². The molecule has 2 aromatic heterocycles. The lowest BCUT2D eigenvalue weighted by molar-refractivity contribution is -0.138. The molecule has 0 amide bonds. The molecule has 0 aliphatic carbocycles. The van der Waals surface area contributed by atoms with Crippen molar-refractivity contribution in [3.63, 3.8) is 0 Å². The number of imidazole rings is 1. The fourth-order valence-corrected chi connectivity index (χ4v) is 5.75. The number of carboxylic acids is 1. The van der Waals surface area contributed by atoms with Crippen LogP contribution in [0, 0.1) is 0 Å². The minimum Gasteiger partial charge on any atom is -0.480 e. The second-order valence-corrected chi connectivity index (χ2v) is 10.4. The highest BCUT2D eigenvalue weighted by atomic mass is 35.5. The summed E-state index contributed by atoms with van der Waals surface area (Å²) >= 11 is 6.62. The van der Waals surface area contributed by atoms with Crippen LogP contribution in [0.2, 0.25) is 5.02 Å². The van der Waals surface area contributed by atoms with Crippen molar-refractivity contribution in [2.45, 2.75) is 43.6 Å². The average molecular weight is 545 g/mol. The number of aliphatic carboxylic acids is 1. The Bertz CT molecular complexity index is 1580. The number of aliphatic imine (C=N–C) groups is 1. The average Bonchev–Trinajstić information content (AvgIpc) is 3.74. The number of halogens is 1. The lowest BCUT2D eigenvalue weighted by Crippen LogP contribution is -2.32. The molecule has 1 unspecified atom stereocenters. The molecule has 0 saturated carbocycles. The van der Waals surface area contributed by atoms with E-state index in [1.54, 1.807) is 0 Å². The summed E-state index contributed by atoms with van der Waals surface area (Å²) in [5, 5.41) is 9.70. The minimum atomic E-state index is -0.868. The van der Waals surface area contributed by atoms with Gasteiger partial charge in [-0.1, -0.05) is 60.1 Å². The number of carbonyl (C=O) groups is 1. The first kappa shape index (κ1) is 24.3. The van der Waals surface area contributed by atoms with E-state index in [9.17, 15) is 9.90 Å². The highest BCUT2D eigenvalue weighted by Crippen LogP contribution is 2.33. The number of aromatic nitrogens is 3. The highest BCUT2D eigenvalue weighted by molar-refractivity contribution is 6.33. The van der Waals surface area contributed by atoms with Gasteiger partial charge < -0.3 is 24.3 Å². The Labute approximate surface area is 228 Å². The standard InChI is InChI=1S/C29H25ClN4O5/c30-19-13-22-27(34-29(32-22)39-24-14-38-23-11-12-37-26(23)24)33-25(19)18-7-3-16(4-8-18)15-1-5-17(6-2-15)20-9-10-21(31-20)28(35)36/h1-8,13,21,23-24,26H,9-12,14H2,(H,35,36)(H,32,33,34)/t21?,23-,24-,26+/m1/s1. The molecule has 0 spiro atoms. The molecule has 198 valence electrons. The van der Waals surface area contributed by atoms with Crippen molar-refractivity contribution in [2.75, 3.05) is 13.2 Å². The Hall–Kier alpha value is -3.79. The summed E-state index contributed by atoms with van der Waals surface area (Å²) in [6.45, 7) is 1.16. The third kappa shape index (κ3) is 4.56. The smallest absolute Gasteiger partial charge is 0.328 e. The molecule has 5 heterocycles. The molecule has 2 saturated heterocycles. The predicted molar refractivity (Wildman–Crippen MR) is 145 cm³/mol. The fraction of sp³-hybridized carbons (Fsp3) is 0.310. The van der Waals surface area contributed by atoms with Crippen LogP contribution in [0.1, 0.15) is 24.8 Å². The van der Waals surface area contributed by atoms with Crippen molar-refractivity contribution in [3.8, 4) is 28.4 Å². The van der Waals surface area contributed by atoms with Crippen molar-refractivity contribution in [2.24, 2.45) is 4.99 Å². The summed E-state index contributed by atoms with van der Waals surface area (Å²) in [5.41, 5.74) is 6.62. The Morgan fingerprint density at radius 2 is 1.69 bits per heavy atom. The van der Waals surface area contributed by atoms with Crippen LogP contribution in [-0.2, 0) is 14.3 Å². The summed E-state index contributed by atoms with van der Waals surface area (Å²) in [4.78, 5) is 27.9. The van der Waals surface area contributed by atoms with E-state index < -0.39 is 12.0 Å². The Morgan fingerprint density at radius 1 is 0.974 bits per heavy atom. The van der Waals surface area contributed by atoms with Crippen molar-refractivity contribution in [1.29, 1.82) is 0 Å². The van der Waals surface area contributed by atoms with Gasteiger partial charge >= 0.3 is 5.97 Å². The molecule has 4 aromatic rings. The quantitative estimate of drug-likeness (QED) is 0.354. The molecule has 39 heavy (non-hydrogen) atoms. The van der Waals surface area contributed by atoms with Gasteiger partial charge in [-0.05, 0) is 42.0 Å². The van der Waals surface area contributed by atoms with Crippen LogP contribution in [0.25, 0.3) is 33.5 Å². The molecule has 0 bridgehead atoms. The molecular weight excluding hydrogens is 520 g/mol. The highest BCUT2D eigenvalue weighted by Gasteiger charge is 2.43. The topological polar surface area (TPSA) is 119 Å². The van der Waals surface area contributed by atoms with E-state index >= 15 is 0 Å². The molecule has 3 aliphatic heterocycles. The van der Waals surface area contributed by atoms with Crippen LogP contribution in [0.3, 0.4) is 0 Å². The van der Waals surface area contributed by atoms with Gasteiger partial charge in [0, 0.05) is 17.9 Å². The maximum Gasteiger partial charge on any atom is 0.328 e. The first-order chi connectivity index (χ1) is 19.0. The van der Waals surface area contributed by atoms with Gasteiger partial charge in [0.2, 0.25) is 0 Å². The molecule has 2 fully saturated rings. The van der Waals surface area contributed by atoms with Crippen LogP contribution in [0.4, 0.5) is 0 Å². The number of rotatable bonds is 6. The molecule has 4 atom stereocenters. The van der Waals surface area contributed by atoms with Gasteiger partial charge in [0.25, 0.3) is 6.01 Å². The summed E-state index contributed by atoms with van der Waals surface area (Å²) in [6, 6.07) is 17.6. The summed E-state index contributed by atoms with van der Waals surface area (Å²) in [7, 11) is 0. The van der Waals surface area contributed by atoms with Crippen LogP contribution < -0.4 is 4.74 Å². The zero-order chi connectivity index (χ0) is 26.5. The summed E-state index contributed by atoms with van der Waals surface area (Å²) in [6.07, 6.45) is 1.93. The zero-order valence-corrected chi connectivity index (χ0v) is 21.6. The number of pyridine rings is 1. The molecule has 2 aromatic carbocycles. The van der Waals surface area contributed by atoms with Crippen LogP contribution >= 0.6 is 11.6 Å². The van der Waals surface area contributed by atoms with E-state index in [1.165, 1.54) is 0 Å². The van der Waals surface area contributed by atoms with E-state index in [0.29, 0.717) is 53.9 Å². The summed E-state index contributed by atoms with van der Waals surface area (Å²) < 4.78 is 17.6. The van der Waals surface area contributed by atoms with E-state index in [2.05, 4.69) is 15.0 Å². The minimum absolute atomic E-state index is 0.0687. The monoisotopic (exact) mass is 544 g/mol. The number of hydrogen-bond acceptors (Lipinski definition) is 7. The van der Waals surface area contributed by atoms with Gasteiger partial charge in [-0.25, -0.2) is 9.78 Å². The number of carboxylic acid groups (broad SMARTS) is 1. The van der Waals surface area contributed by atoms with Gasteiger partial charge in [-0.15, -0.1) is 0 Å². The molecule has 7 rings (SSSR count). The Kier molecular flexibility index (Phi) is 6.07.